The van der Waals surface area contributed by atoms with Crippen molar-refractivity contribution in [3.63, 3.8) is 0 Å². The number of halogens is 1. The summed E-state index contributed by atoms with van der Waals surface area (Å²) in [7, 11) is 0. The van der Waals surface area contributed by atoms with E-state index in [1.807, 2.05) is 0 Å². The number of H-pyrrole nitrogens is 1. The maximum atomic E-state index is 13.1. The van der Waals surface area contributed by atoms with Gasteiger partial charge in [-0.15, -0.1) is 0 Å². The van der Waals surface area contributed by atoms with Crippen LogP contribution in [0.3, 0.4) is 0 Å². The van der Waals surface area contributed by atoms with Crippen molar-refractivity contribution in [3.05, 3.63) is 32.9 Å². The van der Waals surface area contributed by atoms with E-state index in [0.29, 0.717) is 10.8 Å². The molecule has 0 unspecified atom stereocenters. The monoisotopic (exact) mass is 256 g/mol. The maximum absolute atomic E-state index is 13.1. The summed E-state index contributed by atoms with van der Waals surface area (Å²) in [5, 5.41) is 0. The number of nitrogens with one attached hydrogen (secondary N) is 1. The molecule has 1 aliphatic heterocycles. The van der Waals surface area contributed by atoms with Crippen molar-refractivity contribution < 1.29 is 18.7 Å². The standard InChI is InChI=1S/C10H9FN2O5/c1-10(2)5(14)7(18-8(10)16)13-3-4(11)6(15)12-9(13)17/h3,7H,1-2H3,(H,12,15,17)/t7-/m1/s1. The molecule has 0 aliphatic carbocycles. The Morgan fingerprint density at radius 3 is 2.44 bits per heavy atom. The van der Waals surface area contributed by atoms with E-state index < -0.39 is 40.5 Å². The number of hydrogen-bond donors (Lipinski definition) is 1. The number of hydrogen-bond acceptors (Lipinski definition) is 5. The molecule has 1 fully saturated rings. The fourth-order valence-electron chi connectivity index (χ4n) is 1.53. The zero-order valence-electron chi connectivity index (χ0n) is 9.52. The van der Waals surface area contributed by atoms with Gasteiger partial charge >= 0.3 is 11.7 Å². The minimum atomic E-state index is -1.55. The van der Waals surface area contributed by atoms with E-state index >= 15 is 0 Å². The first-order valence-electron chi connectivity index (χ1n) is 5.01. The molecule has 2 rings (SSSR count). The molecular weight excluding hydrogens is 247 g/mol. The number of carbonyl (C=O) groups is 2. The van der Waals surface area contributed by atoms with Gasteiger partial charge in [-0.3, -0.25) is 23.9 Å². The highest BCUT2D eigenvalue weighted by atomic mass is 19.1. The number of cyclic esters (lactones) is 1. The molecule has 1 atom stereocenters. The molecule has 7 nitrogen and oxygen atoms in total. The van der Waals surface area contributed by atoms with Gasteiger partial charge in [0.05, 0.1) is 6.20 Å². The summed E-state index contributed by atoms with van der Waals surface area (Å²) in [5.41, 5.74) is -3.63. The van der Waals surface area contributed by atoms with Crippen molar-refractivity contribution in [1.29, 1.82) is 0 Å². The van der Waals surface area contributed by atoms with E-state index in [4.69, 9.17) is 4.74 Å². The third-order valence-corrected chi connectivity index (χ3v) is 2.75. The summed E-state index contributed by atoms with van der Waals surface area (Å²) in [6.07, 6.45) is -1.01. The molecule has 1 aromatic rings. The predicted molar refractivity (Wildman–Crippen MR) is 55.2 cm³/mol. The van der Waals surface area contributed by atoms with Gasteiger partial charge in [0.15, 0.2) is 0 Å². The number of carbonyl (C=O) groups excluding carboxylic acids is 2. The van der Waals surface area contributed by atoms with Crippen molar-refractivity contribution >= 4 is 11.8 Å². The Kier molecular flexibility index (Phi) is 2.46. The lowest BCUT2D eigenvalue weighted by Gasteiger charge is -2.11. The van der Waals surface area contributed by atoms with Crippen LogP contribution >= 0.6 is 0 Å². The summed E-state index contributed by atoms with van der Waals surface area (Å²) in [4.78, 5) is 47.3. The molecule has 1 aromatic heterocycles. The highest BCUT2D eigenvalue weighted by molar-refractivity contribution is 6.08. The minimum absolute atomic E-state index is 0.540. The van der Waals surface area contributed by atoms with Crippen LogP contribution in [0.1, 0.15) is 20.1 Å². The molecule has 0 spiro atoms. The van der Waals surface area contributed by atoms with Crippen LogP contribution in [-0.2, 0) is 14.3 Å². The van der Waals surface area contributed by atoms with Gasteiger partial charge in [0, 0.05) is 0 Å². The van der Waals surface area contributed by atoms with Crippen molar-refractivity contribution in [2.45, 2.75) is 20.1 Å². The zero-order valence-corrected chi connectivity index (χ0v) is 9.52. The molecule has 0 radical (unpaired) electrons. The third-order valence-electron chi connectivity index (χ3n) is 2.75. The molecule has 1 saturated heterocycles. The average molecular weight is 256 g/mol. The lowest BCUT2D eigenvalue weighted by Crippen LogP contribution is -2.37. The molecule has 96 valence electrons. The third kappa shape index (κ3) is 1.57. The molecule has 18 heavy (non-hydrogen) atoms. The molecule has 0 bridgehead atoms. The van der Waals surface area contributed by atoms with E-state index in [2.05, 4.69) is 0 Å². The van der Waals surface area contributed by atoms with Gasteiger partial charge in [0.25, 0.3) is 5.56 Å². The van der Waals surface area contributed by atoms with Crippen molar-refractivity contribution in [1.82, 2.24) is 9.55 Å². The number of nitrogens with zero attached hydrogens (tertiary/aromatic N) is 1. The highest BCUT2D eigenvalue weighted by Crippen LogP contribution is 2.34. The minimum Gasteiger partial charge on any atom is -0.433 e. The normalized spacial score (nSPS) is 22.1. The van der Waals surface area contributed by atoms with E-state index in [0.717, 1.165) is 0 Å². The van der Waals surface area contributed by atoms with E-state index in [1.165, 1.54) is 13.8 Å². The second-order valence-corrected chi connectivity index (χ2v) is 4.39. The lowest BCUT2D eigenvalue weighted by atomic mass is 9.90. The van der Waals surface area contributed by atoms with Gasteiger partial charge in [0.1, 0.15) is 5.41 Å². The zero-order chi connectivity index (χ0) is 13.7. The van der Waals surface area contributed by atoms with Gasteiger partial charge in [-0.05, 0) is 13.8 Å². The quantitative estimate of drug-likeness (QED) is 0.530. The number of aromatic nitrogens is 2. The Balaban J connectivity index is 2.56. The molecule has 0 saturated carbocycles. The summed E-state index contributed by atoms with van der Waals surface area (Å²) in [6.45, 7) is 2.68. The lowest BCUT2D eigenvalue weighted by molar-refractivity contribution is -0.150. The van der Waals surface area contributed by atoms with Crippen LogP contribution < -0.4 is 11.2 Å². The van der Waals surface area contributed by atoms with Crippen LogP contribution in [0.25, 0.3) is 0 Å². The SMILES string of the molecule is CC1(C)C(=O)O[C@@H](n2cc(F)c(=O)[nH]c2=O)C1=O. The van der Waals surface area contributed by atoms with Gasteiger partial charge < -0.3 is 4.74 Å². The molecule has 1 aliphatic rings. The number of aromatic amines is 1. The largest absolute Gasteiger partial charge is 0.433 e. The fraction of sp³-hybridized carbons (Fsp3) is 0.400. The number of Topliss-reactive ketones (excluding diaryl/α,β-unsaturated/α-hetero) is 1. The van der Waals surface area contributed by atoms with E-state index in [1.54, 1.807) is 4.98 Å². The number of esters is 1. The molecule has 0 amide bonds. The Hall–Kier alpha value is -2.25. The van der Waals surface area contributed by atoms with Crippen LogP contribution in [-0.4, -0.2) is 21.3 Å². The van der Waals surface area contributed by atoms with Crippen LogP contribution in [0.2, 0.25) is 0 Å². The first-order chi connectivity index (χ1) is 8.25. The van der Waals surface area contributed by atoms with Crippen LogP contribution in [0, 0.1) is 11.2 Å². The van der Waals surface area contributed by atoms with Crippen LogP contribution in [0.5, 0.6) is 0 Å². The summed E-state index contributed by atoms with van der Waals surface area (Å²) >= 11 is 0. The topological polar surface area (TPSA) is 98.2 Å². The predicted octanol–water partition coefficient (Wildman–Crippen LogP) is -0.674. The Labute approximate surface area is 99.2 Å². The first-order valence-corrected chi connectivity index (χ1v) is 5.01. The highest BCUT2D eigenvalue weighted by Gasteiger charge is 2.51. The van der Waals surface area contributed by atoms with Crippen LogP contribution in [0.4, 0.5) is 4.39 Å². The molecular formula is C10H9FN2O5. The summed E-state index contributed by atoms with van der Waals surface area (Å²) in [5.74, 6) is -2.74. The second kappa shape index (κ2) is 3.62. The van der Waals surface area contributed by atoms with Crippen LogP contribution in [0.15, 0.2) is 15.8 Å². The van der Waals surface area contributed by atoms with Gasteiger partial charge in [-0.25, -0.2) is 4.79 Å². The Bertz CT molecular complexity index is 657. The molecule has 2 heterocycles. The molecule has 0 aromatic carbocycles. The van der Waals surface area contributed by atoms with E-state index in [-0.39, 0.29) is 0 Å². The first kappa shape index (κ1) is 12.2. The number of ether oxygens (including phenoxy) is 1. The summed E-state index contributed by atoms with van der Waals surface area (Å²) < 4.78 is 18.4. The molecule has 1 N–H and O–H groups in total. The molecule has 8 heteroatoms. The Morgan fingerprint density at radius 2 is 1.94 bits per heavy atom. The van der Waals surface area contributed by atoms with Gasteiger partial charge in [-0.1, -0.05) is 0 Å². The van der Waals surface area contributed by atoms with E-state index in [9.17, 15) is 23.6 Å². The average Bonchev–Trinajstić information content (AvgIpc) is 2.48. The second-order valence-electron chi connectivity index (χ2n) is 4.39. The Morgan fingerprint density at radius 1 is 1.33 bits per heavy atom. The van der Waals surface area contributed by atoms with Crippen molar-refractivity contribution in [2.24, 2.45) is 5.41 Å². The van der Waals surface area contributed by atoms with Gasteiger partial charge in [-0.2, -0.15) is 4.39 Å². The smallest absolute Gasteiger partial charge is 0.331 e. The van der Waals surface area contributed by atoms with Crippen molar-refractivity contribution in [3.8, 4) is 0 Å². The number of rotatable bonds is 1. The van der Waals surface area contributed by atoms with Gasteiger partial charge in [0.2, 0.25) is 17.8 Å². The fourth-order valence-corrected chi connectivity index (χ4v) is 1.53. The number of ketones is 1. The van der Waals surface area contributed by atoms with Crippen molar-refractivity contribution in [2.75, 3.05) is 0 Å². The maximum Gasteiger partial charge on any atom is 0.331 e. The summed E-state index contributed by atoms with van der Waals surface area (Å²) in [6, 6.07) is 0.